The van der Waals surface area contributed by atoms with Gasteiger partial charge in [0.15, 0.2) is 0 Å². The first-order chi connectivity index (χ1) is 10.3. The molecule has 1 rings (SSSR count). The summed E-state index contributed by atoms with van der Waals surface area (Å²) in [6.07, 6.45) is 3.15. The van der Waals surface area contributed by atoms with E-state index in [1.807, 2.05) is 6.07 Å². The third-order valence-electron chi connectivity index (χ3n) is 4.45. The quantitative estimate of drug-likeness (QED) is 0.501. The summed E-state index contributed by atoms with van der Waals surface area (Å²) in [5.41, 5.74) is 2.27. The highest BCUT2D eigenvalue weighted by molar-refractivity contribution is 5.28. The van der Waals surface area contributed by atoms with Crippen LogP contribution in [-0.2, 0) is 6.42 Å². The van der Waals surface area contributed by atoms with Gasteiger partial charge >= 0.3 is 6.61 Å². The van der Waals surface area contributed by atoms with Crippen LogP contribution < -0.4 is 4.74 Å². The zero-order valence-electron chi connectivity index (χ0n) is 14.1. The fraction of sp³-hybridized carbons (Fsp3) is 0.579. The fourth-order valence-electron chi connectivity index (χ4n) is 3.07. The molecule has 3 atom stereocenters. The van der Waals surface area contributed by atoms with Gasteiger partial charge in [0.1, 0.15) is 5.75 Å². The molecule has 0 fully saturated rings. The molecule has 3 heteroatoms. The molecule has 0 aliphatic carbocycles. The van der Waals surface area contributed by atoms with Gasteiger partial charge < -0.3 is 4.74 Å². The lowest BCUT2D eigenvalue weighted by atomic mass is 9.76. The first-order valence-electron chi connectivity index (χ1n) is 8.04. The molecule has 0 saturated carbocycles. The van der Waals surface area contributed by atoms with Gasteiger partial charge in [-0.05, 0) is 55.2 Å². The van der Waals surface area contributed by atoms with Crippen molar-refractivity contribution in [1.82, 2.24) is 0 Å². The summed E-state index contributed by atoms with van der Waals surface area (Å²) in [5, 5.41) is 0. The summed E-state index contributed by atoms with van der Waals surface area (Å²) in [7, 11) is 0. The molecule has 0 saturated heterocycles. The average molecular weight is 310 g/mol. The van der Waals surface area contributed by atoms with Gasteiger partial charge in [0, 0.05) is 0 Å². The summed E-state index contributed by atoms with van der Waals surface area (Å²) in [4.78, 5) is 0. The van der Waals surface area contributed by atoms with Crippen molar-refractivity contribution in [3.8, 4) is 5.75 Å². The first-order valence-corrected chi connectivity index (χ1v) is 8.04. The van der Waals surface area contributed by atoms with E-state index in [-0.39, 0.29) is 5.75 Å². The molecule has 1 nitrogen and oxygen atoms in total. The van der Waals surface area contributed by atoms with Crippen LogP contribution in [0, 0.1) is 17.8 Å². The van der Waals surface area contributed by atoms with E-state index in [1.165, 1.54) is 5.57 Å². The third-order valence-corrected chi connectivity index (χ3v) is 4.45. The van der Waals surface area contributed by atoms with Crippen LogP contribution in [-0.4, -0.2) is 6.61 Å². The third kappa shape index (κ3) is 5.78. The smallest absolute Gasteiger partial charge is 0.387 e. The van der Waals surface area contributed by atoms with Crippen LogP contribution in [0.1, 0.15) is 46.1 Å². The molecule has 1 aromatic carbocycles. The van der Waals surface area contributed by atoms with Crippen molar-refractivity contribution in [1.29, 1.82) is 0 Å². The molecule has 0 heterocycles. The molecule has 124 valence electrons. The Morgan fingerprint density at radius 2 is 1.95 bits per heavy atom. The molecule has 0 N–H and O–H groups in total. The van der Waals surface area contributed by atoms with E-state index in [9.17, 15) is 8.78 Å². The van der Waals surface area contributed by atoms with E-state index < -0.39 is 6.61 Å². The van der Waals surface area contributed by atoms with E-state index in [2.05, 4.69) is 39.0 Å². The Morgan fingerprint density at radius 1 is 1.27 bits per heavy atom. The molecule has 0 bridgehead atoms. The van der Waals surface area contributed by atoms with Crippen LogP contribution in [0.5, 0.6) is 5.75 Å². The Labute approximate surface area is 133 Å². The predicted molar refractivity (Wildman–Crippen MR) is 88.3 cm³/mol. The maximum Gasteiger partial charge on any atom is 0.387 e. The molecule has 2 unspecified atom stereocenters. The Bertz CT molecular complexity index is 470. The number of ether oxygens (including phenoxy) is 1. The van der Waals surface area contributed by atoms with Crippen LogP contribution in [0.15, 0.2) is 36.4 Å². The molecule has 0 aliphatic heterocycles. The van der Waals surface area contributed by atoms with Crippen molar-refractivity contribution in [2.24, 2.45) is 17.8 Å². The van der Waals surface area contributed by atoms with Crippen molar-refractivity contribution in [2.45, 2.75) is 53.6 Å². The minimum absolute atomic E-state index is 0.234. The van der Waals surface area contributed by atoms with E-state index in [0.29, 0.717) is 17.8 Å². The van der Waals surface area contributed by atoms with Gasteiger partial charge in [0.05, 0.1) is 0 Å². The summed E-state index contributed by atoms with van der Waals surface area (Å²) in [6, 6.07) is 7.02. The second kappa shape index (κ2) is 8.92. The summed E-state index contributed by atoms with van der Waals surface area (Å²) < 4.78 is 29.1. The van der Waals surface area contributed by atoms with Crippen molar-refractivity contribution < 1.29 is 13.5 Å². The van der Waals surface area contributed by atoms with Crippen LogP contribution >= 0.6 is 0 Å². The number of alkyl halides is 2. The van der Waals surface area contributed by atoms with Gasteiger partial charge in [0.25, 0.3) is 0 Å². The number of benzene rings is 1. The molecule has 0 amide bonds. The second-order valence-electron chi connectivity index (χ2n) is 6.31. The Hall–Kier alpha value is -1.38. The second-order valence-corrected chi connectivity index (χ2v) is 6.31. The normalized spacial score (nSPS) is 15.4. The van der Waals surface area contributed by atoms with Crippen molar-refractivity contribution in [2.75, 3.05) is 0 Å². The van der Waals surface area contributed by atoms with Gasteiger partial charge in [-0.1, -0.05) is 51.5 Å². The highest BCUT2D eigenvalue weighted by Gasteiger charge is 2.23. The maximum absolute atomic E-state index is 12.3. The molecule has 22 heavy (non-hydrogen) atoms. The van der Waals surface area contributed by atoms with Crippen molar-refractivity contribution >= 4 is 0 Å². The van der Waals surface area contributed by atoms with E-state index in [1.54, 1.807) is 18.2 Å². The lowest BCUT2D eigenvalue weighted by molar-refractivity contribution is -0.0498. The topological polar surface area (TPSA) is 9.23 Å². The monoisotopic (exact) mass is 310 g/mol. The van der Waals surface area contributed by atoms with Gasteiger partial charge in [-0.2, -0.15) is 8.78 Å². The average Bonchev–Trinajstić information content (AvgIpc) is 2.43. The Balaban J connectivity index is 2.74. The van der Waals surface area contributed by atoms with Crippen molar-refractivity contribution in [3.05, 3.63) is 42.0 Å². The maximum atomic E-state index is 12.3. The molecular formula is C19H28F2O. The zero-order valence-corrected chi connectivity index (χ0v) is 14.1. The Kier molecular flexibility index (Phi) is 7.57. The molecule has 0 radical (unpaired) electrons. The lowest BCUT2D eigenvalue weighted by Gasteiger charge is -2.29. The van der Waals surface area contributed by atoms with Gasteiger partial charge in [-0.3, -0.25) is 0 Å². The van der Waals surface area contributed by atoms with E-state index in [4.69, 9.17) is 0 Å². The highest BCUT2D eigenvalue weighted by Crippen LogP contribution is 2.32. The largest absolute Gasteiger partial charge is 0.435 e. The Morgan fingerprint density at radius 3 is 2.50 bits per heavy atom. The standard InChI is InChI=1S/C19H28F2O/c1-6-8-18(13(2)3)15(5)14(4)11-16-9-7-10-17(12-16)22-19(20)21/h7,9-10,12,14-15,18-19H,2,6,8,11H2,1,3-5H3/t14?,15?,18-/m1/s1. The summed E-state index contributed by atoms with van der Waals surface area (Å²) >= 11 is 0. The van der Waals surface area contributed by atoms with Crippen molar-refractivity contribution in [3.63, 3.8) is 0 Å². The zero-order chi connectivity index (χ0) is 16.7. The highest BCUT2D eigenvalue weighted by atomic mass is 19.3. The lowest BCUT2D eigenvalue weighted by Crippen LogP contribution is -2.21. The number of allylic oxidation sites excluding steroid dienone is 1. The minimum atomic E-state index is -2.77. The number of hydrogen-bond acceptors (Lipinski definition) is 1. The SMILES string of the molecule is C=C(C)[C@@H](CCC)C(C)C(C)Cc1cccc(OC(F)F)c1. The minimum Gasteiger partial charge on any atom is -0.435 e. The van der Waals surface area contributed by atoms with Crippen LogP contribution in [0.3, 0.4) is 0 Å². The summed E-state index contributed by atoms with van der Waals surface area (Å²) in [5.74, 6) is 1.71. The van der Waals surface area contributed by atoms with Crippen LogP contribution in [0.4, 0.5) is 8.78 Å². The van der Waals surface area contributed by atoms with E-state index >= 15 is 0 Å². The van der Waals surface area contributed by atoms with E-state index in [0.717, 1.165) is 24.8 Å². The van der Waals surface area contributed by atoms with Crippen LogP contribution in [0.25, 0.3) is 0 Å². The molecule has 0 aliphatic rings. The molecular weight excluding hydrogens is 282 g/mol. The van der Waals surface area contributed by atoms with Gasteiger partial charge in [-0.15, -0.1) is 0 Å². The fourth-order valence-corrected chi connectivity index (χ4v) is 3.07. The first kappa shape index (κ1) is 18.7. The number of halogens is 2. The predicted octanol–water partition coefficient (Wildman–Crippen LogP) is 6.10. The van der Waals surface area contributed by atoms with Gasteiger partial charge in [-0.25, -0.2) is 0 Å². The van der Waals surface area contributed by atoms with Crippen LogP contribution in [0.2, 0.25) is 0 Å². The van der Waals surface area contributed by atoms with Gasteiger partial charge in [0.2, 0.25) is 0 Å². The number of rotatable bonds is 9. The molecule has 1 aromatic rings. The molecule has 0 spiro atoms. The summed E-state index contributed by atoms with van der Waals surface area (Å²) in [6.45, 7) is 10.1. The number of hydrogen-bond donors (Lipinski definition) is 0. The molecule has 0 aromatic heterocycles.